The Hall–Kier alpha value is -0.940. The lowest BCUT2D eigenvalue weighted by atomic mass is 10.2. The monoisotopic (exact) mass is 242 g/mol. The van der Waals surface area contributed by atoms with Gasteiger partial charge in [0.15, 0.2) is 6.17 Å². The molecule has 0 aromatic heterocycles. The van der Waals surface area contributed by atoms with E-state index < -0.39 is 11.4 Å². The van der Waals surface area contributed by atoms with Crippen molar-refractivity contribution in [3.05, 3.63) is 35.9 Å². The molecule has 1 heterocycles. The maximum Gasteiger partial charge on any atom is 0.334 e. The summed E-state index contributed by atoms with van der Waals surface area (Å²) in [5.74, 6) is 0. The van der Waals surface area contributed by atoms with Crippen LogP contribution in [0.2, 0.25) is 0 Å². The summed E-state index contributed by atoms with van der Waals surface area (Å²) in [7, 11) is 3.22. The number of hydrogen-bond donors (Lipinski definition) is 0. The van der Waals surface area contributed by atoms with Crippen LogP contribution in [-0.4, -0.2) is 35.5 Å². The zero-order valence-corrected chi connectivity index (χ0v) is 9.84. The smallest absolute Gasteiger partial charge is 0.282 e. The van der Waals surface area contributed by atoms with Crippen LogP contribution in [0.4, 0.5) is 8.78 Å². The number of alkyl halides is 2. The summed E-state index contributed by atoms with van der Waals surface area (Å²) < 4.78 is 27.2. The van der Waals surface area contributed by atoms with Gasteiger partial charge in [0, 0.05) is 5.56 Å². The molecule has 0 radical (unpaired) electrons. The largest absolute Gasteiger partial charge is 0.334 e. The Bertz CT molecular complexity index is 404. The second-order valence-corrected chi connectivity index (χ2v) is 4.94. The SMILES string of the molecule is CN(C)C1N=C(c2ccccc2)SC1(F)F. The predicted molar refractivity (Wildman–Crippen MR) is 63.0 cm³/mol. The quantitative estimate of drug-likeness (QED) is 0.792. The molecule has 0 saturated carbocycles. The van der Waals surface area contributed by atoms with Gasteiger partial charge in [0.1, 0.15) is 5.04 Å². The van der Waals surface area contributed by atoms with Gasteiger partial charge in [-0.3, -0.25) is 9.89 Å². The number of rotatable bonds is 2. The summed E-state index contributed by atoms with van der Waals surface area (Å²) in [6.45, 7) is 0. The highest BCUT2D eigenvalue weighted by Gasteiger charge is 2.48. The molecule has 0 fully saturated rings. The number of thioether (sulfide) groups is 1. The minimum Gasteiger partial charge on any atom is -0.282 e. The molecule has 16 heavy (non-hydrogen) atoms. The summed E-state index contributed by atoms with van der Waals surface area (Å²) >= 11 is 0.532. The maximum atomic E-state index is 13.6. The molecule has 0 N–H and O–H groups in total. The van der Waals surface area contributed by atoms with Crippen molar-refractivity contribution in [3.63, 3.8) is 0 Å². The molecule has 0 saturated heterocycles. The molecule has 2 rings (SSSR count). The molecule has 0 bridgehead atoms. The van der Waals surface area contributed by atoms with Crippen LogP contribution in [-0.2, 0) is 0 Å². The van der Waals surface area contributed by atoms with Gasteiger partial charge in [0.05, 0.1) is 0 Å². The highest BCUT2D eigenvalue weighted by atomic mass is 32.2. The lowest BCUT2D eigenvalue weighted by molar-refractivity contribution is 0.0244. The lowest BCUT2D eigenvalue weighted by Crippen LogP contribution is -2.37. The van der Waals surface area contributed by atoms with E-state index in [1.807, 2.05) is 18.2 Å². The maximum absolute atomic E-state index is 13.6. The molecule has 0 spiro atoms. The number of aliphatic imine (C=N–C) groups is 1. The van der Waals surface area contributed by atoms with Gasteiger partial charge in [-0.1, -0.05) is 30.3 Å². The molecule has 86 valence electrons. The second-order valence-electron chi connectivity index (χ2n) is 3.80. The topological polar surface area (TPSA) is 15.6 Å². The zero-order valence-electron chi connectivity index (χ0n) is 9.02. The van der Waals surface area contributed by atoms with Crippen molar-refractivity contribution in [2.45, 2.75) is 11.4 Å². The Morgan fingerprint density at radius 2 is 1.88 bits per heavy atom. The van der Waals surface area contributed by atoms with E-state index in [9.17, 15) is 8.78 Å². The average Bonchev–Trinajstić information content (AvgIpc) is 2.56. The van der Waals surface area contributed by atoms with Crippen molar-refractivity contribution < 1.29 is 8.78 Å². The van der Waals surface area contributed by atoms with Crippen LogP contribution >= 0.6 is 11.8 Å². The summed E-state index contributed by atoms with van der Waals surface area (Å²) in [6, 6.07) is 9.07. The van der Waals surface area contributed by atoms with E-state index in [0.29, 0.717) is 16.8 Å². The van der Waals surface area contributed by atoms with Crippen LogP contribution in [0, 0.1) is 0 Å². The van der Waals surface area contributed by atoms with Gasteiger partial charge in [0.25, 0.3) is 0 Å². The van der Waals surface area contributed by atoms with Gasteiger partial charge in [-0.05, 0) is 25.9 Å². The predicted octanol–water partition coefficient (Wildman–Crippen LogP) is 2.66. The van der Waals surface area contributed by atoms with E-state index in [4.69, 9.17) is 0 Å². The zero-order chi connectivity index (χ0) is 11.8. The normalized spacial score (nSPS) is 23.6. The van der Waals surface area contributed by atoms with Crippen LogP contribution < -0.4 is 0 Å². The average molecular weight is 242 g/mol. The van der Waals surface area contributed by atoms with Crippen molar-refractivity contribution in [2.75, 3.05) is 14.1 Å². The molecule has 1 unspecified atom stereocenters. The Labute approximate surface area is 97.4 Å². The van der Waals surface area contributed by atoms with Crippen LogP contribution in [0.15, 0.2) is 35.3 Å². The minimum atomic E-state index is -2.85. The number of halogens is 2. The highest BCUT2D eigenvalue weighted by Crippen LogP contribution is 2.43. The van der Waals surface area contributed by atoms with Crippen molar-refractivity contribution >= 4 is 16.8 Å². The third kappa shape index (κ3) is 2.10. The molecular weight excluding hydrogens is 230 g/mol. The van der Waals surface area contributed by atoms with Crippen LogP contribution in [0.5, 0.6) is 0 Å². The Balaban J connectivity index is 2.30. The molecule has 1 atom stereocenters. The molecule has 1 aliphatic heterocycles. The van der Waals surface area contributed by atoms with Crippen LogP contribution in [0.3, 0.4) is 0 Å². The van der Waals surface area contributed by atoms with Crippen LogP contribution in [0.25, 0.3) is 0 Å². The highest BCUT2D eigenvalue weighted by molar-refractivity contribution is 8.15. The molecular formula is C11H12F2N2S. The van der Waals surface area contributed by atoms with E-state index in [2.05, 4.69) is 4.99 Å². The first-order valence-corrected chi connectivity index (χ1v) is 5.69. The van der Waals surface area contributed by atoms with Crippen molar-refractivity contribution in [2.24, 2.45) is 4.99 Å². The van der Waals surface area contributed by atoms with Gasteiger partial charge in [-0.25, -0.2) is 0 Å². The summed E-state index contributed by atoms with van der Waals surface area (Å²) in [5, 5.41) is -2.45. The van der Waals surface area contributed by atoms with E-state index in [1.165, 1.54) is 4.90 Å². The summed E-state index contributed by atoms with van der Waals surface area (Å²) in [5.41, 5.74) is 0.747. The first-order chi connectivity index (χ1) is 7.50. The number of hydrogen-bond acceptors (Lipinski definition) is 3. The summed E-state index contributed by atoms with van der Waals surface area (Å²) in [6.07, 6.45) is -1.08. The molecule has 0 amide bonds. The van der Waals surface area contributed by atoms with Crippen molar-refractivity contribution in [1.82, 2.24) is 4.90 Å². The Kier molecular flexibility index (Phi) is 2.99. The third-order valence-electron chi connectivity index (χ3n) is 2.28. The van der Waals surface area contributed by atoms with Gasteiger partial charge >= 0.3 is 5.25 Å². The van der Waals surface area contributed by atoms with Gasteiger partial charge in [-0.2, -0.15) is 8.78 Å². The Morgan fingerprint density at radius 1 is 1.25 bits per heavy atom. The molecule has 2 nitrogen and oxygen atoms in total. The molecule has 0 aliphatic carbocycles. The fourth-order valence-corrected chi connectivity index (χ4v) is 2.56. The number of nitrogens with zero attached hydrogens (tertiary/aromatic N) is 2. The molecule has 5 heteroatoms. The molecule has 1 aliphatic rings. The number of benzene rings is 1. The lowest BCUT2D eigenvalue weighted by Gasteiger charge is -2.21. The standard InChI is InChI=1S/C11H12F2N2S/c1-15(2)10-11(12,13)16-9(14-10)8-6-4-3-5-7-8/h3-7,10H,1-2H3. The van der Waals surface area contributed by atoms with Crippen molar-refractivity contribution in [1.29, 1.82) is 0 Å². The first kappa shape index (κ1) is 11.5. The van der Waals surface area contributed by atoms with E-state index >= 15 is 0 Å². The minimum absolute atomic E-state index is 0.407. The fourth-order valence-electron chi connectivity index (χ4n) is 1.52. The first-order valence-electron chi connectivity index (χ1n) is 4.87. The van der Waals surface area contributed by atoms with E-state index in [0.717, 1.165) is 5.56 Å². The van der Waals surface area contributed by atoms with E-state index in [-0.39, 0.29) is 0 Å². The van der Waals surface area contributed by atoms with Crippen LogP contribution in [0.1, 0.15) is 5.56 Å². The Morgan fingerprint density at radius 3 is 2.38 bits per heavy atom. The third-order valence-corrected chi connectivity index (χ3v) is 3.30. The van der Waals surface area contributed by atoms with Gasteiger partial charge in [-0.15, -0.1) is 0 Å². The van der Waals surface area contributed by atoms with Gasteiger partial charge < -0.3 is 0 Å². The second kappa shape index (κ2) is 4.14. The van der Waals surface area contributed by atoms with E-state index in [1.54, 1.807) is 26.2 Å². The fraction of sp³-hybridized carbons (Fsp3) is 0.364. The van der Waals surface area contributed by atoms with Gasteiger partial charge in [0.2, 0.25) is 0 Å². The van der Waals surface area contributed by atoms with Crippen molar-refractivity contribution in [3.8, 4) is 0 Å². The molecule has 1 aromatic carbocycles. The molecule has 1 aromatic rings. The summed E-state index contributed by atoms with van der Waals surface area (Å²) in [4.78, 5) is 5.50.